The lowest BCUT2D eigenvalue weighted by molar-refractivity contribution is 0.503. The average molecular weight is 286 g/mol. The van der Waals surface area contributed by atoms with Crippen LogP contribution in [-0.2, 0) is 13.0 Å². The molecule has 1 aromatic heterocycles. The number of rotatable bonds is 7. The molecule has 2 aromatic rings. The molecule has 0 fully saturated rings. The highest BCUT2D eigenvalue weighted by molar-refractivity contribution is 5.55. The molecule has 1 aromatic carbocycles. The summed E-state index contributed by atoms with van der Waals surface area (Å²) in [6, 6.07) is 10.8. The second-order valence-corrected chi connectivity index (χ2v) is 5.60. The largest absolute Gasteiger partial charge is 0.467 e. The van der Waals surface area contributed by atoms with Gasteiger partial charge in [0.25, 0.3) is 0 Å². The van der Waals surface area contributed by atoms with Crippen LogP contribution in [0, 0.1) is 6.92 Å². The van der Waals surface area contributed by atoms with E-state index in [-0.39, 0.29) is 6.04 Å². The average Bonchev–Trinajstić information content (AvgIpc) is 2.98. The molecule has 3 heteroatoms. The first-order chi connectivity index (χ1) is 10.1. The number of nitrogens with two attached hydrogens (primary N) is 1. The lowest BCUT2D eigenvalue weighted by Gasteiger charge is -2.26. The van der Waals surface area contributed by atoms with Crippen LogP contribution in [0.2, 0.25) is 0 Å². The van der Waals surface area contributed by atoms with Crippen molar-refractivity contribution >= 4 is 5.69 Å². The van der Waals surface area contributed by atoms with Gasteiger partial charge in [-0.1, -0.05) is 24.6 Å². The highest BCUT2D eigenvalue weighted by atomic mass is 16.3. The third-order valence-corrected chi connectivity index (χ3v) is 3.89. The fraction of sp³-hybridized carbons (Fsp3) is 0.444. The molecule has 0 saturated heterocycles. The van der Waals surface area contributed by atoms with Gasteiger partial charge in [0.05, 0.1) is 12.8 Å². The molecule has 0 bridgehead atoms. The number of hydrogen-bond acceptors (Lipinski definition) is 3. The molecule has 0 spiro atoms. The Kier molecular flexibility index (Phi) is 5.45. The summed E-state index contributed by atoms with van der Waals surface area (Å²) in [6.07, 6.45) is 3.64. The van der Waals surface area contributed by atoms with Crippen molar-refractivity contribution in [2.45, 2.75) is 46.2 Å². The predicted octanol–water partition coefficient (Wildman–Crippen LogP) is 3.89. The van der Waals surface area contributed by atoms with Crippen LogP contribution in [0.15, 0.2) is 41.0 Å². The first-order valence-corrected chi connectivity index (χ1v) is 7.76. The van der Waals surface area contributed by atoms with Crippen molar-refractivity contribution in [3.63, 3.8) is 0 Å². The number of nitrogens with zero attached hydrogens (tertiary/aromatic N) is 1. The standard InChI is InChI=1S/C18H26N2O/c1-4-16(19)12-15-11-14(3)8-9-18(15)20(5-2)13-17-7-6-10-21-17/h6-11,16H,4-5,12-13,19H2,1-3H3. The van der Waals surface area contributed by atoms with Gasteiger partial charge in [-0.15, -0.1) is 0 Å². The molecule has 0 amide bonds. The van der Waals surface area contributed by atoms with Gasteiger partial charge in [-0.3, -0.25) is 0 Å². The molecule has 0 aliphatic carbocycles. The highest BCUT2D eigenvalue weighted by Gasteiger charge is 2.13. The molecule has 1 atom stereocenters. The Morgan fingerprint density at radius 1 is 1.24 bits per heavy atom. The molecule has 2 rings (SSSR count). The van der Waals surface area contributed by atoms with Crippen molar-refractivity contribution in [2.24, 2.45) is 5.73 Å². The van der Waals surface area contributed by atoms with Gasteiger partial charge in [0, 0.05) is 18.3 Å². The van der Waals surface area contributed by atoms with Gasteiger partial charge in [-0.2, -0.15) is 0 Å². The number of anilines is 1. The molecule has 1 unspecified atom stereocenters. The van der Waals surface area contributed by atoms with Crippen molar-refractivity contribution < 1.29 is 4.42 Å². The minimum atomic E-state index is 0.216. The van der Waals surface area contributed by atoms with Crippen LogP contribution in [0.1, 0.15) is 37.2 Å². The molecule has 0 aliphatic heterocycles. The minimum absolute atomic E-state index is 0.216. The van der Waals surface area contributed by atoms with Crippen LogP contribution in [-0.4, -0.2) is 12.6 Å². The number of hydrogen-bond donors (Lipinski definition) is 1. The van der Waals surface area contributed by atoms with Crippen molar-refractivity contribution in [3.05, 3.63) is 53.5 Å². The molecule has 3 nitrogen and oxygen atoms in total. The predicted molar refractivity (Wildman–Crippen MR) is 88.6 cm³/mol. The van der Waals surface area contributed by atoms with Crippen LogP contribution in [0.4, 0.5) is 5.69 Å². The Labute approximate surface area is 127 Å². The molecule has 21 heavy (non-hydrogen) atoms. The molecular formula is C18H26N2O. The smallest absolute Gasteiger partial charge is 0.123 e. The van der Waals surface area contributed by atoms with Crippen molar-refractivity contribution in [1.82, 2.24) is 0 Å². The first-order valence-electron chi connectivity index (χ1n) is 7.76. The zero-order valence-corrected chi connectivity index (χ0v) is 13.3. The number of furan rings is 1. The Balaban J connectivity index is 2.26. The van der Waals surface area contributed by atoms with E-state index < -0.39 is 0 Å². The minimum Gasteiger partial charge on any atom is -0.467 e. The Bertz CT molecular complexity index is 548. The van der Waals surface area contributed by atoms with Gasteiger partial charge < -0.3 is 15.1 Å². The van der Waals surface area contributed by atoms with Gasteiger partial charge in [-0.05, 0) is 50.5 Å². The van der Waals surface area contributed by atoms with Crippen molar-refractivity contribution in [3.8, 4) is 0 Å². The summed E-state index contributed by atoms with van der Waals surface area (Å²) in [4.78, 5) is 2.34. The maximum atomic E-state index is 6.16. The van der Waals surface area contributed by atoms with Crippen LogP contribution in [0.25, 0.3) is 0 Å². The second-order valence-electron chi connectivity index (χ2n) is 5.60. The van der Waals surface area contributed by atoms with E-state index in [0.717, 1.165) is 31.7 Å². The van der Waals surface area contributed by atoms with Crippen LogP contribution >= 0.6 is 0 Å². The maximum Gasteiger partial charge on any atom is 0.123 e. The summed E-state index contributed by atoms with van der Waals surface area (Å²) in [6.45, 7) is 8.18. The van der Waals surface area contributed by atoms with E-state index in [2.05, 4.69) is 43.9 Å². The molecular weight excluding hydrogens is 260 g/mol. The van der Waals surface area contributed by atoms with Crippen molar-refractivity contribution in [1.29, 1.82) is 0 Å². The van der Waals surface area contributed by atoms with Crippen LogP contribution in [0.5, 0.6) is 0 Å². The van der Waals surface area contributed by atoms with Crippen molar-refractivity contribution in [2.75, 3.05) is 11.4 Å². The zero-order chi connectivity index (χ0) is 15.2. The van der Waals surface area contributed by atoms with E-state index in [1.54, 1.807) is 6.26 Å². The lowest BCUT2D eigenvalue weighted by atomic mass is 10.00. The fourth-order valence-electron chi connectivity index (χ4n) is 2.57. The lowest BCUT2D eigenvalue weighted by Crippen LogP contribution is -2.26. The summed E-state index contributed by atoms with van der Waals surface area (Å²) in [5.74, 6) is 0.989. The second kappa shape index (κ2) is 7.32. The SMILES string of the molecule is CCC(N)Cc1cc(C)ccc1N(CC)Cc1ccco1. The first kappa shape index (κ1) is 15.6. The summed E-state index contributed by atoms with van der Waals surface area (Å²) in [5, 5.41) is 0. The summed E-state index contributed by atoms with van der Waals surface area (Å²) < 4.78 is 5.49. The summed E-state index contributed by atoms with van der Waals surface area (Å²) >= 11 is 0. The van der Waals surface area contributed by atoms with Gasteiger partial charge >= 0.3 is 0 Å². The monoisotopic (exact) mass is 286 g/mol. The van der Waals surface area contributed by atoms with E-state index in [4.69, 9.17) is 10.2 Å². The van der Waals surface area contributed by atoms with E-state index in [1.807, 2.05) is 12.1 Å². The fourth-order valence-corrected chi connectivity index (χ4v) is 2.57. The van der Waals surface area contributed by atoms with E-state index >= 15 is 0 Å². The van der Waals surface area contributed by atoms with E-state index in [0.29, 0.717) is 0 Å². The third-order valence-electron chi connectivity index (χ3n) is 3.89. The molecule has 2 N–H and O–H groups in total. The van der Waals surface area contributed by atoms with Crippen LogP contribution in [0.3, 0.4) is 0 Å². The van der Waals surface area contributed by atoms with Gasteiger partial charge in [0.15, 0.2) is 0 Å². The molecule has 114 valence electrons. The third kappa shape index (κ3) is 4.11. The van der Waals surface area contributed by atoms with E-state index in [9.17, 15) is 0 Å². The summed E-state index contributed by atoms with van der Waals surface area (Å²) in [7, 11) is 0. The summed E-state index contributed by atoms with van der Waals surface area (Å²) in [5.41, 5.74) is 10.0. The van der Waals surface area contributed by atoms with Gasteiger partial charge in [-0.25, -0.2) is 0 Å². The van der Waals surface area contributed by atoms with E-state index in [1.165, 1.54) is 16.8 Å². The molecule has 1 heterocycles. The maximum absolute atomic E-state index is 6.16. The Hall–Kier alpha value is -1.74. The normalized spacial score (nSPS) is 12.4. The quantitative estimate of drug-likeness (QED) is 0.839. The topological polar surface area (TPSA) is 42.4 Å². The Morgan fingerprint density at radius 3 is 2.67 bits per heavy atom. The molecule has 0 saturated carbocycles. The Morgan fingerprint density at radius 2 is 2.05 bits per heavy atom. The molecule has 0 aliphatic rings. The zero-order valence-electron chi connectivity index (χ0n) is 13.3. The van der Waals surface area contributed by atoms with Gasteiger partial charge in [0.2, 0.25) is 0 Å². The molecule has 0 radical (unpaired) electrons. The number of benzene rings is 1. The van der Waals surface area contributed by atoms with Crippen LogP contribution < -0.4 is 10.6 Å². The highest BCUT2D eigenvalue weighted by Crippen LogP contribution is 2.25. The van der Waals surface area contributed by atoms with Gasteiger partial charge in [0.1, 0.15) is 5.76 Å². The number of aryl methyl sites for hydroxylation is 1.